The van der Waals surface area contributed by atoms with Gasteiger partial charge in [-0.1, -0.05) is 18.7 Å². The van der Waals surface area contributed by atoms with Gasteiger partial charge in [-0.05, 0) is 60.4 Å². The molecule has 2 unspecified atom stereocenters. The Morgan fingerprint density at radius 2 is 1.97 bits per heavy atom. The molecule has 1 saturated heterocycles. The van der Waals surface area contributed by atoms with Crippen molar-refractivity contribution in [3.05, 3.63) is 77.5 Å². The smallest absolute Gasteiger partial charge is 0.335 e. The maximum atomic E-state index is 13.6. The minimum Gasteiger partial charge on any atom is -0.497 e. The Labute approximate surface area is 218 Å². The topological polar surface area (TPSA) is 132 Å². The van der Waals surface area contributed by atoms with E-state index >= 15 is 0 Å². The number of aromatic amines is 1. The highest BCUT2D eigenvalue weighted by Crippen LogP contribution is 2.45. The number of carboxylic acid groups (broad SMARTS) is 1. The van der Waals surface area contributed by atoms with Crippen LogP contribution in [-0.4, -0.2) is 70.4 Å². The molecule has 1 aromatic heterocycles. The standard InChI is InChI=1S/C28H28N4O6/c1-3-23(33)29-11-4-12-31-26(34)20-15-32(28(31)37)22(13-16-5-7-17(8-6-16)27(35)36)25-24(20)19-14-18(38-2)9-10-21(19)30-25/h3,5-10,14,20,22,30H,1,4,11-13,15H2,2H3,(H,29,33)(H,35,36). The van der Waals surface area contributed by atoms with Crippen molar-refractivity contribution in [2.24, 2.45) is 0 Å². The number of aromatic nitrogens is 1. The SMILES string of the molecule is C=CC(=O)NCCCN1C(=O)C2CN(C1=O)C(Cc1ccc(C(=O)O)cc1)c1[nH]c3ccc(OC)cc3c12. The van der Waals surface area contributed by atoms with Crippen molar-refractivity contribution in [2.75, 3.05) is 26.7 Å². The first-order valence-electron chi connectivity index (χ1n) is 12.4. The van der Waals surface area contributed by atoms with Gasteiger partial charge in [0.1, 0.15) is 5.75 Å². The monoisotopic (exact) mass is 516 g/mol. The van der Waals surface area contributed by atoms with Crippen LogP contribution < -0.4 is 10.1 Å². The molecule has 3 aromatic rings. The number of hydrogen-bond donors (Lipinski definition) is 3. The quantitative estimate of drug-likeness (QED) is 0.296. The average molecular weight is 517 g/mol. The number of imide groups is 1. The van der Waals surface area contributed by atoms with Crippen molar-refractivity contribution >= 4 is 34.7 Å². The van der Waals surface area contributed by atoms with E-state index in [-0.39, 0.29) is 42.5 Å². The summed E-state index contributed by atoms with van der Waals surface area (Å²) < 4.78 is 5.44. The Morgan fingerprint density at radius 1 is 1.21 bits per heavy atom. The fourth-order valence-electron chi connectivity index (χ4n) is 5.35. The molecule has 0 radical (unpaired) electrons. The van der Waals surface area contributed by atoms with Gasteiger partial charge in [-0.25, -0.2) is 9.59 Å². The van der Waals surface area contributed by atoms with Gasteiger partial charge in [0.25, 0.3) is 0 Å². The van der Waals surface area contributed by atoms with Crippen molar-refractivity contribution in [3.63, 3.8) is 0 Å². The number of nitrogens with zero attached hydrogens (tertiary/aromatic N) is 2. The van der Waals surface area contributed by atoms with Gasteiger partial charge in [-0.2, -0.15) is 0 Å². The number of ether oxygens (including phenoxy) is 1. The number of fused-ring (bicyclic) bond motifs is 6. The van der Waals surface area contributed by atoms with E-state index in [0.717, 1.165) is 27.7 Å². The molecule has 3 heterocycles. The number of methoxy groups -OCH3 is 1. The summed E-state index contributed by atoms with van der Waals surface area (Å²) in [6, 6.07) is 11.5. The predicted molar refractivity (Wildman–Crippen MR) is 139 cm³/mol. The number of carbonyl (C=O) groups excluding carboxylic acids is 3. The second-order valence-corrected chi connectivity index (χ2v) is 9.41. The number of hydrogen-bond acceptors (Lipinski definition) is 5. The van der Waals surface area contributed by atoms with E-state index in [0.29, 0.717) is 25.1 Å². The molecule has 2 bridgehead atoms. The van der Waals surface area contributed by atoms with Crippen molar-refractivity contribution in [1.29, 1.82) is 0 Å². The molecule has 4 amide bonds. The molecule has 0 spiro atoms. The number of benzene rings is 2. The normalized spacial score (nSPS) is 18.3. The third-order valence-corrected chi connectivity index (χ3v) is 7.23. The minimum absolute atomic E-state index is 0.170. The van der Waals surface area contributed by atoms with Gasteiger partial charge in [-0.15, -0.1) is 0 Å². The van der Waals surface area contributed by atoms with Crippen molar-refractivity contribution in [3.8, 4) is 5.75 Å². The largest absolute Gasteiger partial charge is 0.497 e. The summed E-state index contributed by atoms with van der Waals surface area (Å²) in [6.45, 7) is 4.15. The van der Waals surface area contributed by atoms with E-state index in [1.807, 2.05) is 18.2 Å². The van der Waals surface area contributed by atoms with E-state index in [1.54, 1.807) is 36.3 Å². The van der Waals surface area contributed by atoms with Crippen molar-refractivity contribution in [1.82, 2.24) is 20.1 Å². The van der Waals surface area contributed by atoms with Crippen LogP contribution in [0.25, 0.3) is 10.9 Å². The molecule has 0 aliphatic carbocycles. The van der Waals surface area contributed by atoms with Crippen LogP contribution in [0.15, 0.2) is 55.1 Å². The summed E-state index contributed by atoms with van der Waals surface area (Å²) in [5, 5.41) is 12.8. The number of nitrogens with one attached hydrogen (secondary N) is 2. The molecule has 2 aliphatic rings. The van der Waals surface area contributed by atoms with Crippen molar-refractivity contribution in [2.45, 2.75) is 24.8 Å². The molecule has 10 heteroatoms. The number of aromatic carboxylic acids is 1. The molecular formula is C28H28N4O6. The fourth-order valence-corrected chi connectivity index (χ4v) is 5.35. The van der Waals surface area contributed by atoms with E-state index in [4.69, 9.17) is 4.74 Å². The van der Waals surface area contributed by atoms with Gasteiger partial charge >= 0.3 is 12.0 Å². The molecule has 38 heavy (non-hydrogen) atoms. The Bertz CT molecular complexity index is 1440. The molecule has 2 aliphatic heterocycles. The first-order chi connectivity index (χ1) is 18.3. The molecule has 2 aromatic carbocycles. The number of carboxylic acids is 1. The van der Waals surface area contributed by atoms with Gasteiger partial charge in [0.2, 0.25) is 11.8 Å². The van der Waals surface area contributed by atoms with Gasteiger partial charge < -0.3 is 25.0 Å². The van der Waals surface area contributed by atoms with Crippen LogP contribution in [-0.2, 0) is 16.0 Å². The third-order valence-electron chi connectivity index (χ3n) is 7.23. The summed E-state index contributed by atoms with van der Waals surface area (Å²) >= 11 is 0. The van der Waals surface area contributed by atoms with Crippen LogP contribution in [0.1, 0.15) is 45.6 Å². The highest BCUT2D eigenvalue weighted by Gasteiger charge is 2.49. The zero-order valence-electron chi connectivity index (χ0n) is 20.9. The van der Waals surface area contributed by atoms with E-state index in [1.165, 1.54) is 11.0 Å². The molecule has 5 rings (SSSR count). The molecule has 3 N–H and O–H groups in total. The summed E-state index contributed by atoms with van der Waals surface area (Å²) in [7, 11) is 1.59. The molecule has 1 fully saturated rings. The highest BCUT2D eigenvalue weighted by atomic mass is 16.5. The number of amides is 4. The highest BCUT2D eigenvalue weighted by molar-refractivity contribution is 6.04. The maximum absolute atomic E-state index is 13.6. The van der Waals surface area contributed by atoms with E-state index < -0.39 is 11.9 Å². The predicted octanol–water partition coefficient (Wildman–Crippen LogP) is 3.21. The van der Waals surface area contributed by atoms with Crippen LogP contribution in [0, 0.1) is 0 Å². The van der Waals surface area contributed by atoms with Crippen LogP contribution in [0.3, 0.4) is 0 Å². The molecule has 0 saturated carbocycles. The third kappa shape index (κ3) is 4.38. The van der Waals surface area contributed by atoms with Crippen LogP contribution in [0.2, 0.25) is 0 Å². The van der Waals surface area contributed by atoms with Crippen LogP contribution >= 0.6 is 0 Å². The fraction of sp³-hybridized carbons (Fsp3) is 0.286. The van der Waals surface area contributed by atoms with Gasteiger partial charge in [0, 0.05) is 36.2 Å². The lowest BCUT2D eigenvalue weighted by Crippen LogP contribution is -2.59. The average Bonchev–Trinajstić information content (AvgIpc) is 3.31. The maximum Gasteiger partial charge on any atom is 0.335 e. The first-order valence-corrected chi connectivity index (χ1v) is 12.4. The minimum atomic E-state index is -1.01. The Kier molecular flexibility index (Phi) is 6.62. The summed E-state index contributed by atoms with van der Waals surface area (Å²) in [6.07, 6.45) is 2.02. The number of H-pyrrole nitrogens is 1. The second-order valence-electron chi connectivity index (χ2n) is 9.41. The van der Waals surface area contributed by atoms with Crippen LogP contribution in [0.5, 0.6) is 5.75 Å². The molecule has 196 valence electrons. The van der Waals surface area contributed by atoms with Gasteiger partial charge in [0.05, 0.1) is 24.6 Å². The Morgan fingerprint density at radius 3 is 2.66 bits per heavy atom. The lowest BCUT2D eigenvalue weighted by Gasteiger charge is -2.46. The van der Waals surface area contributed by atoms with Gasteiger partial charge in [-0.3, -0.25) is 14.5 Å². The number of rotatable bonds is 9. The molecule has 10 nitrogen and oxygen atoms in total. The van der Waals surface area contributed by atoms with Crippen molar-refractivity contribution < 1.29 is 29.0 Å². The summed E-state index contributed by atoms with van der Waals surface area (Å²) in [4.78, 5) is 56.5. The van der Waals surface area contributed by atoms with E-state index in [2.05, 4.69) is 16.9 Å². The van der Waals surface area contributed by atoms with Gasteiger partial charge in [0.15, 0.2) is 0 Å². The summed E-state index contributed by atoms with van der Waals surface area (Å²) in [5.74, 6) is -1.47. The number of carbonyl (C=O) groups is 4. The number of urea groups is 1. The molecular weight excluding hydrogens is 488 g/mol. The van der Waals surface area contributed by atoms with Crippen LogP contribution in [0.4, 0.5) is 4.79 Å². The lowest BCUT2D eigenvalue weighted by atomic mass is 9.83. The second kappa shape index (κ2) is 10.0. The Hall–Kier alpha value is -4.60. The Balaban J connectivity index is 1.52. The first kappa shape index (κ1) is 25.1. The lowest BCUT2D eigenvalue weighted by molar-refractivity contribution is -0.134. The zero-order valence-corrected chi connectivity index (χ0v) is 20.9. The zero-order chi connectivity index (χ0) is 27.0. The molecule has 2 atom stereocenters. The summed E-state index contributed by atoms with van der Waals surface area (Å²) in [5.41, 5.74) is 3.54. The van der Waals surface area contributed by atoms with E-state index in [9.17, 15) is 24.3 Å².